The number of alkyl halides is 3. The van der Waals surface area contributed by atoms with Crippen LogP contribution in [0.1, 0.15) is 5.56 Å². The molecule has 0 bridgehead atoms. The molecule has 0 heterocycles. The lowest BCUT2D eigenvalue weighted by Crippen LogP contribution is -2.03. The molecule has 0 spiro atoms. The van der Waals surface area contributed by atoms with Gasteiger partial charge in [0.15, 0.2) is 0 Å². The highest BCUT2D eigenvalue weighted by Gasteiger charge is 2.30. The fraction of sp³-hybridized carbons (Fsp3) is 0.0714. The molecule has 0 fully saturated rings. The molecule has 2 aromatic rings. The van der Waals surface area contributed by atoms with Gasteiger partial charge in [-0.05, 0) is 42.5 Å². The molecule has 2 nitrogen and oxygen atoms in total. The van der Waals surface area contributed by atoms with Crippen molar-refractivity contribution in [2.75, 3.05) is 0 Å². The van der Waals surface area contributed by atoms with Crippen LogP contribution in [0.25, 0.3) is 0 Å². The average molecular weight is 332 g/mol. The molecule has 0 unspecified atom stereocenters. The van der Waals surface area contributed by atoms with E-state index < -0.39 is 11.7 Å². The molecule has 0 aliphatic rings. The first kappa shape index (κ1) is 17.3. The minimum Gasteiger partial charge on any atom is -0.211 e. The minimum absolute atomic E-state index is 0.0971. The molecule has 0 aliphatic carbocycles. The van der Waals surface area contributed by atoms with E-state index in [1.54, 1.807) is 24.3 Å². The Morgan fingerprint density at radius 1 is 1.10 bits per heavy atom. The van der Waals surface area contributed by atoms with Gasteiger partial charge < -0.3 is 0 Å². The molecule has 0 N–H and O–H groups in total. The van der Waals surface area contributed by atoms with Crippen molar-refractivity contribution in [2.24, 2.45) is 4.99 Å². The summed E-state index contributed by atoms with van der Waals surface area (Å²) < 4.78 is 35.7. The highest BCUT2D eigenvalue weighted by atomic mass is 35.5. The van der Waals surface area contributed by atoms with Crippen molar-refractivity contribution in [3.63, 3.8) is 0 Å². The zero-order chi connectivity index (χ0) is 15.9. The van der Waals surface area contributed by atoms with Crippen LogP contribution in [-0.2, 0) is 11.0 Å². The smallest absolute Gasteiger partial charge is 0.211 e. The van der Waals surface area contributed by atoms with Gasteiger partial charge in [0.25, 0.3) is 0 Å². The van der Waals surface area contributed by atoms with E-state index in [4.69, 9.17) is 11.6 Å². The first-order chi connectivity index (χ1) is 9.82. The SMILES string of the molecule is FC(F)(F)c1cccc(Cl)c1.O=C=Nc1ccc(S)cc1. The maximum absolute atomic E-state index is 11.9. The van der Waals surface area contributed by atoms with Gasteiger partial charge in [0, 0.05) is 9.92 Å². The molecular weight excluding hydrogens is 323 g/mol. The molecule has 2 rings (SSSR count). The summed E-state index contributed by atoms with van der Waals surface area (Å²) >= 11 is 9.41. The van der Waals surface area contributed by atoms with Gasteiger partial charge in [0.1, 0.15) is 0 Å². The van der Waals surface area contributed by atoms with Gasteiger partial charge in [-0.3, -0.25) is 0 Å². The summed E-state index contributed by atoms with van der Waals surface area (Å²) in [5.41, 5.74) is -0.113. The van der Waals surface area contributed by atoms with Crippen LogP contribution in [0, 0.1) is 0 Å². The van der Waals surface area contributed by atoms with E-state index in [0.717, 1.165) is 17.0 Å². The van der Waals surface area contributed by atoms with Crippen molar-refractivity contribution in [3.05, 3.63) is 59.1 Å². The number of hydrogen-bond donors (Lipinski definition) is 1. The van der Waals surface area contributed by atoms with Crippen LogP contribution in [0.2, 0.25) is 5.02 Å². The summed E-state index contributed by atoms with van der Waals surface area (Å²) in [6, 6.07) is 11.5. The second kappa shape index (κ2) is 7.88. The van der Waals surface area contributed by atoms with E-state index >= 15 is 0 Å². The van der Waals surface area contributed by atoms with E-state index in [0.29, 0.717) is 5.69 Å². The normalized spacial score (nSPS) is 10.1. The maximum Gasteiger partial charge on any atom is 0.416 e. The fourth-order valence-electron chi connectivity index (χ4n) is 1.24. The average Bonchev–Trinajstić information content (AvgIpc) is 2.41. The number of hydrogen-bond acceptors (Lipinski definition) is 3. The summed E-state index contributed by atoms with van der Waals surface area (Å²) in [5.74, 6) is 0. The lowest BCUT2D eigenvalue weighted by Gasteiger charge is -2.05. The molecule has 0 saturated carbocycles. The van der Waals surface area contributed by atoms with Crippen LogP contribution in [-0.4, -0.2) is 6.08 Å². The molecule has 0 saturated heterocycles. The first-order valence-electron chi connectivity index (χ1n) is 5.52. The van der Waals surface area contributed by atoms with E-state index in [1.807, 2.05) is 0 Å². The summed E-state index contributed by atoms with van der Waals surface area (Å²) in [6.45, 7) is 0. The molecule has 0 radical (unpaired) electrons. The number of nitrogens with zero attached hydrogens (tertiary/aromatic N) is 1. The number of halogens is 4. The van der Waals surface area contributed by atoms with Gasteiger partial charge in [-0.2, -0.15) is 18.2 Å². The summed E-state index contributed by atoms with van der Waals surface area (Å²) in [6.07, 6.45) is -2.85. The second-order valence-electron chi connectivity index (χ2n) is 3.73. The highest BCUT2D eigenvalue weighted by Crippen LogP contribution is 2.30. The van der Waals surface area contributed by atoms with E-state index in [1.165, 1.54) is 18.2 Å². The Labute approximate surface area is 129 Å². The van der Waals surface area contributed by atoms with E-state index in [9.17, 15) is 18.0 Å². The highest BCUT2D eigenvalue weighted by molar-refractivity contribution is 7.80. The van der Waals surface area contributed by atoms with Gasteiger partial charge in [-0.25, -0.2) is 4.79 Å². The Kier molecular flexibility index (Phi) is 6.49. The zero-order valence-corrected chi connectivity index (χ0v) is 12.1. The van der Waals surface area contributed by atoms with E-state index in [2.05, 4.69) is 17.6 Å². The van der Waals surface area contributed by atoms with E-state index in [-0.39, 0.29) is 5.02 Å². The van der Waals surface area contributed by atoms with Crippen molar-refractivity contribution in [1.29, 1.82) is 0 Å². The predicted molar refractivity (Wildman–Crippen MR) is 77.9 cm³/mol. The Bertz CT molecular complexity index is 637. The monoisotopic (exact) mass is 331 g/mol. The van der Waals surface area contributed by atoms with Crippen molar-refractivity contribution < 1.29 is 18.0 Å². The Hall–Kier alpha value is -1.75. The number of isocyanates is 1. The maximum atomic E-state index is 11.9. The van der Waals surface area contributed by atoms with Crippen molar-refractivity contribution in [2.45, 2.75) is 11.1 Å². The molecule has 0 aromatic heterocycles. The lowest BCUT2D eigenvalue weighted by atomic mass is 10.2. The number of rotatable bonds is 1. The summed E-state index contributed by atoms with van der Waals surface area (Å²) in [7, 11) is 0. The van der Waals surface area contributed by atoms with Gasteiger partial charge in [0.05, 0.1) is 11.3 Å². The lowest BCUT2D eigenvalue weighted by molar-refractivity contribution is -0.137. The minimum atomic E-state index is -4.30. The zero-order valence-electron chi connectivity index (χ0n) is 10.4. The van der Waals surface area contributed by atoms with Crippen LogP contribution in [0.4, 0.5) is 18.9 Å². The van der Waals surface area contributed by atoms with Gasteiger partial charge in [-0.1, -0.05) is 17.7 Å². The van der Waals surface area contributed by atoms with Crippen molar-refractivity contribution in [3.8, 4) is 0 Å². The van der Waals surface area contributed by atoms with Crippen LogP contribution in [0.3, 0.4) is 0 Å². The molecule has 0 atom stereocenters. The van der Waals surface area contributed by atoms with Crippen LogP contribution in [0.15, 0.2) is 58.4 Å². The van der Waals surface area contributed by atoms with Crippen LogP contribution < -0.4 is 0 Å². The Morgan fingerprint density at radius 3 is 2.14 bits per heavy atom. The second-order valence-corrected chi connectivity index (χ2v) is 4.68. The number of carbonyl (C=O) groups excluding carboxylic acids is 1. The third kappa shape index (κ3) is 6.49. The predicted octanol–water partition coefficient (Wildman–Crippen LogP) is 5.30. The molecular formula is C14H9ClF3NOS. The summed E-state index contributed by atoms with van der Waals surface area (Å²) in [4.78, 5) is 14.0. The Balaban J connectivity index is 0.000000211. The van der Waals surface area contributed by atoms with Gasteiger partial charge in [0.2, 0.25) is 6.08 Å². The third-order valence-corrected chi connectivity index (χ3v) is 2.71. The standard InChI is InChI=1S/C7H4ClF3.C7H5NOS/c8-6-3-1-2-5(4-6)7(9,10)11;9-5-8-6-1-3-7(10)4-2-6/h1-4H;1-4,10H. The molecule has 21 heavy (non-hydrogen) atoms. The van der Waals surface area contributed by atoms with Crippen molar-refractivity contribution in [1.82, 2.24) is 0 Å². The topological polar surface area (TPSA) is 29.4 Å². The molecule has 2 aromatic carbocycles. The van der Waals surface area contributed by atoms with Gasteiger partial charge in [-0.15, -0.1) is 12.6 Å². The van der Waals surface area contributed by atoms with Crippen molar-refractivity contribution >= 4 is 36.0 Å². The number of benzene rings is 2. The van der Waals surface area contributed by atoms with Crippen LogP contribution in [0.5, 0.6) is 0 Å². The summed E-state index contributed by atoms with van der Waals surface area (Å²) in [5, 5.41) is 0.0971. The fourth-order valence-corrected chi connectivity index (χ4v) is 1.58. The number of aliphatic imine (C=N–C) groups is 1. The number of thiol groups is 1. The van der Waals surface area contributed by atoms with Gasteiger partial charge >= 0.3 is 6.18 Å². The quantitative estimate of drug-likeness (QED) is 0.429. The molecule has 0 aliphatic heterocycles. The Morgan fingerprint density at radius 2 is 1.71 bits per heavy atom. The molecule has 7 heteroatoms. The molecule has 110 valence electrons. The van der Waals surface area contributed by atoms with Crippen LogP contribution >= 0.6 is 24.2 Å². The first-order valence-corrected chi connectivity index (χ1v) is 6.35. The third-order valence-electron chi connectivity index (χ3n) is 2.18. The largest absolute Gasteiger partial charge is 0.416 e. The molecule has 0 amide bonds.